The predicted molar refractivity (Wildman–Crippen MR) is 165 cm³/mol. The normalized spacial score (nSPS) is 13.0. The first-order valence-electron chi connectivity index (χ1n) is 12.5. The molecule has 5 aromatic rings. The summed E-state index contributed by atoms with van der Waals surface area (Å²) in [5.74, 6) is -0.746. The number of nitrogen functional groups attached to an aromatic ring is 1. The number of nitrogens with two attached hydrogens (primary N) is 1. The highest BCUT2D eigenvalue weighted by Gasteiger charge is 2.27. The Morgan fingerprint density at radius 3 is 1.85 bits per heavy atom. The van der Waals surface area contributed by atoms with E-state index in [0.29, 0.717) is 6.07 Å². The lowest BCUT2D eigenvalue weighted by Crippen LogP contribution is -2.11. The number of rotatable bonds is 8. The van der Waals surface area contributed by atoms with E-state index < -0.39 is 77.7 Å². The van der Waals surface area contributed by atoms with E-state index in [2.05, 4.69) is 10.2 Å². The summed E-state index contributed by atoms with van der Waals surface area (Å²) in [5.41, 5.74) is 5.60. The molecule has 0 aromatic heterocycles. The molecule has 5 aromatic carbocycles. The highest BCUT2D eigenvalue weighted by Crippen LogP contribution is 2.44. The molecule has 0 aliphatic carbocycles. The van der Waals surface area contributed by atoms with Gasteiger partial charge in [0.15, 0.2) is 5.75 Å². The monoisotopic (exact) mass is 707 g/mol. The summed E-state index contributed by atoms with van der Waals surface area (Å²) >= 11 is 0. The molecule has 0 bridgehead atoms. The van der Waals surface area contributed by atoms with Crippen molar-refractivity contribution in [2.45, 2.75) is 26.5 Å². The lowest BCUT2D eigenvalue weighted by Gasteiger charge is -2.15. The molecule has 0 amide bonds. The van der Waals surface area contributed by atoms with E-state index in [1.807, 2.05) is 0 Å². The minimum atomic E-state index is -5.18. The minimum Gasteiger partial charge on any atom is -0.396 e. The number of anilines is 1. The number of fused-ring (bicyclic) bond motifs is 2. The van der Waals surface area contributed by atoms with Crippen molar-refractivity contribution < 1.29 is 51.5 Å². The maximum atomic E-state index is 13.2. The van der Waals surface area contributed by atoms with Crippen LogP contribution in [0.25, 0.3) is 21.5 Å². The number of hydrogen-bond donors (Lipinski definition) is 4. The molecule has 0 aliphatic rings. The Labute approximate surface area is 262 Å². The number of nitrogens with zero attached hydrogens (tertiary/aromatic N) is 2. The zero-order valence-corrected chi connectivity index (χ0v) is 26.4. The van der Waals surface area contributed by atoms with Crippen molar-refractivity contribution in [2.75, 3.05) is 5.73 Å². The summed E-state index contributed by atoms with van der Waals surface area (Å²) < 4.78 is 134. The Kier molecular flexibility index (Phi) is 8.14. The van der Waals surface area contributed by atoms with Crippen LogP contribution >= 0.6 is 0 Å². The molecular formula is C27H21N3O12S4. The Hall–Kier alpha value is -4.50. The fourth-order valence-electron chi connectivity index (χ4n) is 4.53. The van der Waals surface area contributed by atoms with Crippen LogP contribution in [0.15, 0.2) is 109 Å². The topological polar surface area (TPSA) is 257 Å². The zero-order chi connectivity index (χ0) is 33.8. The van der Waals surface area contributed by atoms with Crippen molar-refractivity contribution in [3.05, 3.63) is 84.4 Å². The molecule has 0 atom stereocenters. The smallest absolute Gasteiger partial charge is 0.339 e. The average Bonchev–Trinajstić information content (AvgIpc) is 2.94. The van der Waals surface area contributed by atoms with E-state index in [9.17, 15) is 47.3 Å². The average molecular weight is 708 g/mol. The summed E-state index contributed by atoms with van der Waals surface area (Å²) in [7, 11) is -19.5. The van der Waals surface area contributed by atoms with Gasteiger partial charge in [-0.25, -0.2) is 0 Å². The van der Waals surface area contributed by atoms with Gasteiger partial charge in [0, 0.05) is 16.8 Å². The quantitative estimate of drug-likeness (QED) is 0.0732. The number of azo groups is 1. The van der Waals surface area contributed by atoms with Gasteiger partial charge in [-0.3, -0.25) is 13.7 Å². The zero-order valence-electron chi connectivity index (χ0n) is 23.1. The van der Waals surface area contributed by atoms with E-state index in [1.54, 1.807) is 6.92 Å². The van der Waals surface area contributed by atoms with E-state index in [4.69, 9.17) is 9.92 Å². The van der Waals surface area contributed by atoms with Crippen LogP contribution in [0.1, 0.15) is 5.56 Å². The van der Waals surface area contributed by atoms with Crippen molar-refractivity contribution in [1.29, 1.82) is 0 Å². The van der Waals surface area contributed by atoms with Gasteiger partial charge in [-0.2, -0.15) is 33.7 Å². The molecule has 240 valence electrons. The van der Waals surface area contributed by atoms with Crippen LogP contribution in [0.4, 0.5) is 17.1 Å². The second-order valence-corrected chi connectivity index (χ2v) is 15.5. The van der Waals surface area contributed by atoms with Crippen LogP contribution in [0.5, 0.6) is 5.75 Å². The Morgan fingerprint density at radius 1 is 0.652 bits per heavy atom. The molecule has 0 radical (unpaired) electrons. The molecule has 0 unspecified atom stereocenters. The molecule has 0 aliphatic heterocycles. The molecule has 0 heterocycles. The van der Waals surface area contributed by atoms with Gasteiger partial charge in [0.1, 0.15) is 20.4 Å². The molecule has 5 rings (SSSR count). The van der Waals surface area contributed by atoms with Gasteiger partial charge in [-0.15, -0.1) is 10.2 Å². The lowest BCUT2D eigenvalue weighted by atomic mass is 10.1. The van der Waals surface area contributed by atoms with Crippen LogP contribution < -0.4 is 9.92 Å². The molecule has 0 fully saturated rings. The molecular weight excluding hydrogens is 687 g/mol. The number of benzene rings is 5. The first kappa shape index (κ1) is 32.9. The van der Waals surface area contributed by atoms with Gasteiger partial charge in [-0.05, 0) is 48.7 Å². The minimum absolute atomic E-state index is 0.0380. The van der Waals surface area contributed by atoms with Gasteiger partial charge < -0.3 is 9.92 Å². The third-order valence-electron chi connectivity index (χ3n) is 6.63. The highest BCUT2D eigenvalue weighted by molar-refractivity contribution is 7.87. The fraction of sp³-hybridized carbons (Fsp3) is 0.0370. The van der Waals surface area contributed by atoms with E-state index >= 15 is 0 Å². The van der Waals surface area contributed by atoms with Crippen LogP contribution in [-0.2, 0) is 40.5 Å². The summed E-state index contributed by atoms with van der Waals surface area (Å²) in [5, 5.41) is 7.29. The van der Waals surface area contributed by atoms with Gasteiger partial charge >= 0.3 is 10.1 Å². The Balaban J connectivity index is 1.79. The SMILES string of the molecule is Cc1ccc(S(=O)(=O)Oc2cc(S(=O)(=O)O)cc3cc(S(=O)(=O)O)c(N=Nc4ccc(S(=O)(=O)O)c5ccccc45)c(N)c23)cc1. The maximum absolute atomic E-state index is 13.2. The van der Waals surface area contributed by atoms with Crippen molar-refractivity contribution >= 4 is 79.1 Å². The van der Waals surface area contributed by atoms with Crippen molar-refractivity contribution in [3.8, 4) is 5.75 Å². The summed E-state index contributed by atoms with van der Waals surface area (Å²) in [6.07, 6.45) is 0. The molecule has 15 nitrogen and oxygen atoms in total. The largest absolute Gasteiger partial charge is 0.396 e. The van der Waals surface area contributed by atoms with E-state index in [-0.39, 0.29) is 26.7 Å². The van der Waals surface area contributed by atoms with Crippen molar-refractivity contribution in [2.24, 2.45) is 10.2 Å². The van der Waals surface area contributed by atoms with Crippen LogP contribution in [0, 0.1) is 6.92 Å². The maximum Gasteiger partial charge on any atom is 0.339 e. The molecule has 19 heteroatoms. The van der Waals surface area contributed by atoms with Crippen LogP contribution in [0.3, 0.4) is 0 Å². The van der Waals surface area contributed by atoms with E-state index in [0.717, 1.165) is 29.8 Å². The predicted octanol–water partition coefficient (Wildman–Crippen LogP) is 4.81. The first-order chi connectivity index (χ1) is 21.3. The van der Waals surface area contributed by atoms with Crippen molar-refractivity contribution in [1.82, 2.24) is 0 Å². The third-order valence-corrected chi connectivity index (χ3v) is 10.5. The van der Waals surface area contributed by atoms with Crippen LogP contribution in [0.2, 0.25) is 0 Å². The summed E-state index contributed by atoms with van der Waals surface area (Å²) in [6, 6.07) is 15.5. The van der Waals surface area contributed by atoms with Gasteiger partial charge in [0.2, 0.25) is 0 Å². The Morgan fingerprint density at radius 2 is 1.26 bits per heavy atom. The molecule has 0 spiro atoms. The second-order valence-electron chi connectivity index (χ2n) is 9.76. The third kappa shape index (κ3) is 6.42. The van der Waals surface area contributed by atoms with Gasteiger partial charge in [0.05, 0.1) is 21.7 Å². The first-order valence-corrected chi connectivity index (χ1v) is 18.3. The van der Waals surface area contributed by atoms with Gasteiger partial charge in [-0.1, -0.05) is 42.0 Å². The lowest BCUT2D eigenvalue weighted by molar-refractivity contribution is 0.477. The molecule has 5 N–H and O–H groups in total. The van der Waals surface area contributed by atoms with Gasteiger partial charge in [0.25, 0.3) is 30.4 Å². The number of aryl methyl sites for hydroxylation is 1. The second kappa shape index (κ2) is 11.4. The summed E-state index contributed by atoms with van der Waals surface area (Å²) in [4.78, 5) is -2.66. The van der Waals surface area contributed by atoms with Crippen LogP contribution in [-0.4, -0.2) is 47.3 Å². The standard InChI is InChI=1S/C27H21N3O12S4/c1-15-6-8-17(9-7-15)46(40,41)42-22-14-18(43(31,32)33)12-16-13-24(45(37,38)39)27(26(28)25(16)22)30-29-21-10-11-23(44(34,35)36)20-5-3-2-4-19(20)21/h2-14H,28H2,1H3,(H,31,32,33)(H,34,35,36)(H,37,38,39). The fourth-order valence-corrected chi connectivity index (χ4v) is 7.36. The molecule has 0 saturated carbocycles. The number of hydrogen-bond acceptors (Lipinski definition) is 12. The molecule has 0 saturated heterocycles. The highest BCUT2D eigenvalue weighted by atomic mass is 32.2. The Bertz CT molecular complexity index is 2550. The molecule has 46 heavy (non-hydrogen) atoms. The summed E-state index contributed by atoms with van der Waals surface area (Å²) in [6.45, 7) is 1.70. The van der Waals surface area contributed by atoms with E-state index in [1.165, 1.54) is 48.5 Å². The van der Waals surface area contributed by atoms with Crippen molar-refractivity contribution in [3.63, 3.8) is 0 Å².